The van der Waals surface area contributed by atoms with Crippen LogP contribution in [-0.4, -0.2) is 14.4 Å². The molecule has 2 rings (SSSR count). The van der Waals surface area contributed by atoms with Gasteiger partial charge in [0, 0.05) is 12.4 Å². The van der Waals surface area contributed by atoms with Gasteiger partial charge in [0.15, 0.2) is 0 Å². The Morgan fingerprint density at radius 2 is 1.93 bits per heavy atom. The number of imidazole rings is 1. The minimum absolute atomic E-state index is 0.538. The van der Waals surface area contributed by atoms with Crippen LogP contribution in [0, 0.1) is 13.8 Å². The average Bonchev–Trinajstić information content (AvgIpc) is 2.47. The summed E-state index contributed by atoms with van der Waals surface area (Å²) in [5, 5.41) is 0. The number of hydrogen-bond acceptors (Lipinski definition) is 3. The molecule has 0 radical (unpaired) electrons. The van der Waals surface area contributed by atoms with Crippen molar-refractivity contribution in [1.29, 1.82) is 0 Å². The SMILES string of the molecule is CC.Cc1nc(C)n2ccnc(N)c12. The van der Waals surface area contributed by atoms with Crippen LogP contribution in [0.5, 0.6) is 0 Å². The van der Waals surface area contributed by atoms with Crippen LogP contribution in [-0.2, 0) is 0 Å². The highest BCUT2D eigenvalue weighted by molar-refractivity contribution is 5.68. The Balaban J connectivity index is 0.000000461. The maximum absolute atomic E-state index is 5.70. The molecule has 2 N–H and O–H groups in total. The second-order valence-electron chi connectivity index (χ2n) is 2.78. The second-order valence-corrected chi connectivity index (χ2v) is 2.78. The highest BCUT2D eigenvalue weighted by Crippen LogP contribution is 2.15. The van der Waals surface area contributed by atoms with E-state index in [1.807, 2.05) is 38.3 Å². The first-order chi connectivity index (χ1) is 6.70. The summed E-state index contributed by atoms with van der Waals surface area (Å²) in [4.78, 5) is 8.29. The van der Waals surface area contributed by atoms with Crippen molar-refractivity contribution in [3.63, 3.8) is 0 Å². The number of nitrogen functional groups attached to an aromatic ring is 1. The smallest absolute Gasteiger partial charge is 0.149 e. The van der Waals surface area contributed by atoms with Gasteiger partial charge in [0.1, 0.15) is 17.2 Å². The third-order valence-corrected chi connectivity index (χ3v) is 1.93. The van der Waals surface area contributed by atoms with E-state index in [9.17, 15) is 0 Å². The molecule has 0 aromatic carbocycles. The van der Waals surface area contributed by atoms with Crippen LogP contribution in [0.2, 0.25) is 0 Å². The van der Waals surface area contributed by atoms with Crippen molar-refractivity contribution in [2.45, 2.75) is 27.7 Å². The minimum atomic E-state index is 0.538. The zero-order valence-corrected chi connectivity index (χ0v) is 9.07. The molecule has 0 unspecified atom stereocenters. The fourth-order valence-electron chi connectivity index (χ4n) is 1.42. The van der Waals surface area contributed by atoms with E-state index in [2.05, 4.69) is 9.97 Å². The van der Waals surface area contributed by atoms with Gasteiger partial charge >= 0.3 is 0 Å². The molecule has 2 aromatic rings. The Morgan fingerprint density at radius 3 is 2.50 bits per heavy atom. The van der Waals surface area contributed by atoms with Gasteiger partial charge in [0.25, 0.3) is 0 Å². The van der Waals surface area contributed by atoms with Gasteiger partial charge in [-0.2, -0.15) is 0 Å². The van der Waals surface area contributed by atoms with Crippen molar-refractivity contribution in [3.05, 3.63) is 23.9 Å². The Bertz CT molecular complexity index is 431. The largest absolute Gasteiger partial charge is 0.382 e. The molecular formula is C10H16N4. The van der Waals surface area contributed by atoms with Crippen LogP contribution in [0.15, 0.2) is 12.4 Å². The number of aromatic nitrogens is 3. The molecule has 0 amide bonds. The van der Waals surface area contributed by atoms with Gasteiger partial charge in [-0.15, -0.1) is 0 Å². The Hall–Kier alpha value is -1.58. The summed E-state index contributed by atoms with van der Waals surface area (Å²) >= 11 is 0. The lowest BCUT2D eigenvalue weighted by atomic mass is 10.4. The predicted molar refractivity (Wildman–Crippen MR) is 58.2 cm³/mol. The summed E-state index contributed by atoms with van der Waals surface area (Å²) in [6.07, 6.45) is 3.54. The van der Waals surface area contributed by atoms with Crippen molar-refractivity contribution in [2.24, 2.45) is 0 Å². The summed E-state index contributed by atoms with van der Waals surface area (Å²) in [5.41, 5.74) is 7.54. The number of nitrogens with two attached hydrogens (primary N) is 1. The van der Waals surface area contributed by atoms with Gasteiger partial charge in [0.2, 0.25) is 0 Å². The van der Waals surface area contributed by atoms with Crippen LogP contribution in [0.1, 0.15) is 25.4 Å². The van der Waals surface area contributed by atoms with Gasteiger partial charge in [-0.25, -0.2) is 9.97 Å². The van der Waals surface area contributed by atoms with Crippen LogP contribution < -0.4 is 5.73 Å². The fraction of sp³-hybridized carbons (Fsp3) is 0.400. The van der Waals surface area contributed by atoms with Gasteiger partial charge in [0.05, 0.1) is 5.69 Å². The maximum Gasteiger partial charge on any atom is 0.149 e. The zero-order valence-electron chi connectivity index (χ0n) is 9.07. The molecule has 0 aliphatic rings. The lowest BCUT2D eigenvalue weighted by molar-refractivity contribution is 1.03. The molecule has 2 aromatic heterocycles. The van der Waals surface area contributed by atoms with Crippen molar-refractivity contribution in [1.82, 2.24) is 14.4 Å². The van der Waals surface area contributed by atoms with E-state index in [0.717, 1.165) is 17.0 Å². The summed E-state index contributed by atoms with van der Waals surface area (Å²) in [7, 11) is 0. The monoisotopic (exact) mass is 192 g/mol. The van der Waals surface area contributed by atoms with E-state index in [4.69, 9.17) is 5.73 Å². The molecular weight excluding hydrogens is 176 g/mol. The number of anilines is 1. The van der Waals surface area contributed by atoms with Crippen molar-refractivity contribution < 1.29 is 0 Å². The van der Waals surface area contributed by atoms with E-state index in [1.165, 1.54) is 0 Å². The third kappa shape index (κ3) is 1.55. The molecule has 14 heavy (non-hydrogen) atoms. The quantitative estimate of drug-likeness (QED) is 0.694. The number of hydrogen-bond donors (Lipinski definition) is 1. The minimum Gasteiger partial charge on any atom is -0.382 e. The van der Waals surface area contributed by atoms with E-state index in [1.54, 1.807) is 6.20 Å². The van der Waals surface area contributed by atoms with Crippen molar-refractivity contribution in [2.75, 3.05) is 5.73 Å². The fourth-order valence-corrected chi connectivity index (χ4v) is 1.42. The van der Waals surface area contributed by atoms with Crippen molar-refractivity contribution in [3.8, 4) is 0 Å². The Labute approximate surface area is 83.8 Å². The number of aryl methyl sites for hydroxylation is 2. The lowest BCUT2D eigenvalue weighted by Gasteiger charge is -1.97. The molecule has 0 fully saturated rings. The Kier molecular flexibility index (Phi) is 3.06. The molecule has 0 bridgehead atoms. The van der Waals surface area contributed by atoms with Crippen molar-refractivity contribution >= 4 is 11.3 Å². The summed E-state index contributed by atoms with van der Waals surface area (Å²) in [6.45, 7) is 7.87. The lowest BCUT2D eigenvalue weighted by Crippen LogP contribution is -1.95. The first kappa shape index (κ1) is 10.5. The number of rotatable bonds is 0. The highest BCUT2D eigenvalue weighted by atomic mass is 15.1. The molecule has 0 aliphatic carbocycles. The van der Waals surface area contributed by atoms with Gasteiger partial charge < -0.3 is 5.73 Å². The standard InChI is InChI=1S/C8H10N4.C2H6/c1-5-7-8(9)10-3-4-12(7)6(2)11-5;1-2/h3-4H,1-2H3,(H2,9,10);1-2H3. The van der Waals surface area contributed by atoms with Crippen LogP contribution >= 0.6 is 0 Å². The van der Waals surface area contributed by atoms with E-state index in [-0.39, 0.29) is 0 Å². The third-order valence-electron chi connectivity index (χ3n) is 1.93. The average molecular weight is 192 g/mol. The van der Waals surface area contributed by atoms with E-state index >= 15 is 0 Å². The summed E-state index contributed by atoms with van der Waals surface area (Å²) < 4.78 is 1.94. The highest BCUT2D eigenvalue weighted by Gasteiger charge is 2.06. The first-order valence-electron chi connectivity index (χ1n) is 4.76. The predicted octanol–water partition coefficient (Wildman–Crippen LogP) is 1.95. The second kappa shape index (κ2) is 4.09. The van der Waals surface area contributed by atoms with Gasteiger partial charge in [-0.1, -0.05) is 13.8 Å². The molecule has 0 saturated carbocycles. The molecule has 2 heterocycles. The molecule has 4 nitrogen and oxygen atoms in total. The molecule has 4 heteroatoms. The van der Waals surface area contributed by atoms with Crippen LogP contribution in [0.25, 0.3) is 5.52 Å². The Morgan fingerprint density at radius 1 is 1.29 bits per heavy atom. The molecule has 0 aliphatic heterocycles. The number of nitrogens with zero attached hydrogens (tertiary/aromatic N) is 3. The molecule has 76 valence electrons. The van der Waals surface area contributed by atoms with Crippen LogP contribution in [0.3, 0.4) is 0 Å². The molecule has 0 saturated heterocycles. The normalized spacial score (nSPS) is 9.71. The number of fused-ring (bicyclic) bond motifs is 1. The first-order valence-corrected chi connectivity index (χ1v) is 4.76. The van der Waals surface area contributed by atoms with Crippen LogP contribution in [0.4, 0.5) is 5.82 Å². The van der Waals surface area contributed by atoms with Gasteiger partial charge in [-0.3, -0.25) is 4.40 Å². The zero-order chi connectivity index (χ0) is 10.7. The van der Waals surface area contributed by atoms with E-state index in [0.29, 0.717) is 5.82 Å². The molecule has 0 atom stereocenters. The van der Waals surface area contributed by atoms with Gasteiger partial charge in [-0.05, 0) is 13.8 Å². The molecule has 0 spiro atoms. The van der Waals surface area contributed by atoms with E-state index < -0.39 is 0 Å². The maximum atomic E-state index is 5.70. The topological polar surface area (TPSA) is 56.2 Å². The summed E-state index contributed by atoms with van der Waals surface area (Å²) in [6, 6.07) is 0. The summed E-state index contributed by atoms with van der Waals surface area (Å²) in [5.74, 6) is 1.48.